The quantitative estimate of drug-likeness (QED) is 0.732. The molecule has 1 heterocycles. The molecule has 1 aromatic heterocycles. The van der Waals surface area contributed by atoms with E-state index in [0.29, 0.717) is 0 Å². The van der Waals surface area contributed by atoms with Crippen LogP contribution >= 0.6 is 0 Å². The highest BCUT2D eigenvalue weighted by Crippen LogP contribution is 2.20. The number of hydrogen-bond donors (Lipinski definition) is 2. The summed E-state index contributed by atoms with van der Waals surface area (Å²) in [5.74, 6) is 0.818. The van der Waals surface area contributed by atoms with Crippen molar-refractivity contribution in [3.8, 4) is 5.75 Å². The fourth-order valence-corrected chi connectivity index (χ4v) is 1.38. The van der Waals surface area contributed by atoms with Gasteiger partial charge in [-0.1, -0.05) is 0 Å². The first-order valence-corrected chi connectivity index (χ1v) is 4.10. The van der Waals surface area contributed by atoms with Gasteiger partial charge in [0.05, 0.1) is 13.7 Å². The van der Waals surface area contributed by atoms with Crippen molar-refractivity contribution in [2.24, 2.45) is 0 Å². The number of aliphatic hydroxyl groups excluding tert-OH is 1. The summed E-state index contributed by atoms with van der Waals surface area (Å²) in [6.07, 6.45) is 0. The first kappa shape index (κ1) is 8.13. The maximum Gasteiger partial charge on any atom is 0.120 e. The summed E-state index contributed by atoms with van der Waals surface area (Å²) < 4.78 is 5.08. The number of methoxy groups -OCH3 is 1. The minimum Gasteiger partial charge on any atom is -0.497 e. The maximum atomic E-state index is 8.90. The molecule has 0 bridgehead atoms. The molecule has 0 fully saturated rings. The van der Waals surface area contributed by atoms with Crippen LogP contribution in [0.5, 0.6) is 5.75 Å². The summed E-state index contributed by atoms with van der Waals surface area (Å²) in [4.78, 5) is 3.09. The summed E-state index contributed by atoms with van der Waals surface area (Å²) in [7, 11) is 1.64. The van der Waals surface area contributed by atoms with Crippen molar-refractivity contribution in [2.75, 3.05) is 7.11 Å². The van der Waals surface area contributed by atoms with E-state index in [4.69, 9.17) is 9.84 Å². The van der Waals surface area contributed by atoms with E-state index in [0.717, 1.165) is 22.3 Å². The number of aliphatic hydroxyl groups is 1. The van der Waals surface area contributed by atoms with Gasteiger partial charge in [0, 0.05) is 22.7 Å². The number of rotatable bonds is 2. The van der Waals surface area contributed by atoms with E-state index in [1.54, 1.807) is 7.11 Å². The molecular formula is C10H11NO2. The summed E-state index contributed by atoms with van der Waals surface area (Å²) in [6, 6.07) is 7.70. The van der Waals surface area contributed by atoms with Crippen LogP contribution in [0, 0.1) is 0 Å². The molecule has 0 aliphatic rings. The average Bonchev–Trinajstić information content (AvgIpc) is 2.58. The Labute approximate surface area is 76.0 Å². The van der Waals surface area contributed by atoms with Crippen LogP contribution in [0.25, 0.3) is 10.9 Å². The Kier molecular flexibility index (Phi) is 1.94. The molecule has 0 unspecified atom stereocenters. The maximum absolute atomic E-state index is 8.90. The standard InChI is InChI=1S/C10H11NO2/c1-13-9-3-2-7-4-8(6-12)11-10(7)5-9/h2-5,11-12H,6H2,1H3. The molecule has 2 N–H and O–H groups in total. The number of nitrogens with one attached hydrogen (secondary N) is 1. The zero-order valence-electron chi connectivity index (χ0n) is 7.37. The third-order valence-electron chi connectivity index (χ3n) is 2.06. The predicted octanol–water partition coefficient (Wildman–Crippen LogP) is 1.67. The fourth-order valence-electron chi connectivity index (χ4n) is 1.38. The van der Waals surface area contributed by atoms with Crippen LogP contribution in [0.3, 0.4) is 0 Å². The Hall–Kier alpha value is -1.48. The third-order valence-corrected chi connectivity index (χ3v) is 2.06. The van der Waals surface area contributed by atoms with Crippen molar-refractivity contribution in [1.29, 1.82) is 0 Å². The molecule has 3 nitrogen and oxygen atoms in total. The highest BCUT2D eigenvalue weighted by atomic mass is 16.5. The van der Waals surface area contributed by atoms with Crippen LogP contribution in [-0.2, 0) is 6.61 Å². The molecular weight excluding hydrogens is 166 g/mol. The number of benzene rings is 1. The predicted molar refractivity (Wildman–Crippen MR) is 50.8 cm³/mol. The number of ether oxygens (including phenoxy) is 1. The lowest BCUT2D eigenvalue weighted by Gasteiger charge is -1.97. The van der Waals surface area contributed by atoms with Gasteiger partial charge in [-0.3, -0.25) is 0 Å². The SMILES string of the molecule is COc1ccc2cc(CO)[nH]c2c1. The largest absolute Gasteiger partial charge is 0.497 e. The van der Waals surface area contributed by atoms with Gasteiger partial charge < -0.3 is 14.8 Å². The summed E-state index contributed by atoms with van der Waals surface area (Å²) >= 11 is 0. The molecule has 0 aliphatic carbocycles. The molecule has 2 rings (SSSR count). The van der Waals surface area contributed by atoms with E-state index >= 15 is 0 Å². The molecule has 13 heavy (non-hydrogen) atoms. The number of fused-ring (bicyclic) bond motifs is 1. The van der Waals surface area contributed by atoms with Crippen molar-refractivity contribution in [3.05, 3.63) is 30.0 Å². The number of H-pyrrole nitrogens is 1. The minimum atomic E-state index is 0.0387. The van der Waals surface area contributed by atoms with Crippen molar-refractivity contribution in [2.45, 2.75) is 6.61 Å². The lowest BCUT2D eigenvalue weighted by Crippen LogP contribution is -1.81. The Bertz CT molecular complexity index is 418. The van der Waals surface area contributed by atoms with Gasteiger partial charge in [-0.25, -0.2) is 0 Å². The van der Waals surface area contributed by atoms with Crippen LogP contribution in [-0.4, -0.2) is 17.2 Å². The van der Waals surface area contributed by atoms with Gasteiger partial charge in [-0.15, -0.1) is 0 Å². The second-order valence-corrected chi connectivity index (χ2v) is 2.91. The lowest BCUT2D eigenvalue weighted by atomic mass is 10.2. The first-order valence-electron chi connectivity index (χ1n) is 4.10. The van der Waals surface area contributed by atoms with E-state index in [2.05, 4.69) is 4.98 Å². The van der Waals surface area contributed by atoms with Gasteiger partial charge in [0.25, 0.3) is 0 Å². The van der Waals surface area contributed by atoms with Crippen molar-refractivity contribution >= 4 is 10.9 Å². The van der Waals surface area contributed by atoms with Crippen LogP contribution in [0.4, 0.5) is 0 Å². The summed E-state index contributed by atoms with van der Waals surface area (Å²) in [5, 5.41) is 9.99. The number of hydrogen-bond acceptors (Lipinski definition) is 2. The second-order valence-electron chi connectivity index (χ2n) is 2.91. The van der Waals surface area contributed by atoms with Crippen LogP contribution < -0.4 is 4.74 Å². The van der Waals surface area contributed by atoms with Crippen LogP contribution in [0.1, 0.15) is 5.69 Å². The third kappa shape index (κ3) is 1.38. The monoisotopic (exact) mass is 177 g/mol. The highest BCUT2D eigenvalue weighted by molar-refractivity contribution is 5.81. The molecule has 0 spiro atoms. The van der Waals surface area contributed by atoms with E-state index in [1.165, 1.54) is 0 Å². The van der Waals surface area contributed by atoms with Crippen molar-refractivity contribution in [1.82, 2.24) is 4.98 Å². The topological polar surface area (TPSA) is 45.2 Å². The van der Waals surface area contributed by atoms with Crippen LogP contribution in [0.15, 0.2) is 24.3 Å². The molecule has 0 aliphatic heterocycles. The van der Waals surface area contributed by atoms with Gasteiger partial charge in [-0.2, -0.15) is 0 Å². The summed E-state index contributed by atoms with van der Waals surface area (Å²) in [6.45, 7) is 0.0387. The van der Waals surface area contributed by atoms with Crippen LogP contribution in [0.2, 0.25) is 0 Å². The summed E-state index contributed by atoms with van der Waals surface area (Å²) in [5.41, 5.74) is 1.81. The molecule has 0 radical (unpaired) electrons. The van der Waals surface area contributed by atoms with Crippen molar-refractivity contribution in [3.63, 3.8) is 0 Å². The van der Waals surface area contributed by atoms with E-state index in [9.17, 15) is 0 Å². The Morgan fingerprint density at radius 1 is 1.38 bits per heavy atom. The molecule has 68 valence electrons. The molecule has 2 aromatic rings. The molecule has 0 amide bonds. The Morgan fingerprint density at radius 3 is 2.92 bits per heavy atom. The molecule has 0 saturated carbocycles. The van der Waals surface area contributed by atoms with E-state index in [-0.39, 0.29) is 6.61 Å². The Balaban J connectivity index is 2.57. The number of aromatic nitrogens is 1. The molecule has 3 heteroatoms. The van der Waals surface area contributed by atoms with E-state index in [1.807, 2.05) is 24.3 Å². The normalized spacial score (nSPS) is 10.6. The van der Waals surface area contributed by atoms with Gasteiger partial charge in [0.1, 0.15) is 5.75 Å². The lowest BCUT2D eigenvalue weighted by molar-refractivity contribution is 0.278. The zero-order chi connectivity index (χ0) is 9.26. The molecule has 0 atom stereocenters. The number of aromatic amines is 1. The highest BCUT2D eigenvalue weighted by Gasteiger charge is 2.00. The first-order chi connectivity index (χ1) is 6.33. The van der Waals surface area contributed by atoms with Gasteiger partial charge in [-0.05, 0) is 18.2 Å². The average molecular weight is 177 g/mol. The second kappa shape index (κ2) is 3.11. The molecule has 1 aromatic carbocycles. The van der Waals surface area contributed by atoms with Crippen molar-refractivity contribution < 1.29 is 9.84 Å². The molecule has 0 saturated heterocycles. The zero-order valence-corrected chi connectivity index (χ0v) is 7.37. The minimum absolute atomic E-state index is 0.0387. The Morgan fingerprint density at radius 2 is 2.23 bits per heavy atom. The smallest absolute Gasteiger partial charge is 0.120 e. The van der Waals surface area contributed by atoms with E-state index < -0.39 is 0 Å². The van der Waals surface area contributed by atoms with Gasteiger partial charge in [0.15, 0.2) is 0 Å². The van der Waals surface area contributed by atoms with Gasteiger partial charge in [0.2, 0.25) is 0 Å². The fraction of sp³-hybridized carbons (Fsp3) is 0.200. The van der Waals surface area contributed by atoms with Gasteiger partial charge >= 0.3 is 0 Å².